The first-order valence-corrected chi connectivity index (χ1v) is 10.3. The molecule has 10 nitrogen and oxygen atoms in total. The molecule has 0 saturated carbocycles. The van der Waals surface area contributed by atoms with Gasteiger partial charge in [-0.1, -0.05) is 35.3 Å². The highest BCUT2D eigenvalue weighted by Crippen LogP contribution is 2.41. The fraction of sp³-hybridized carbons (Fsp3) is 0.0455. The van der Waals surface area contributed by atoms with Crippen molar-refractivity contribution in [2.75, 3.05) is 16.8 Å². The van der Waals surface area contributed by atoms with Gasteiger partial charge in [0.05, 0.1) is 16.3 Å². The minimum Gasteiger partial charge on any atom is -0.423 e. The molecule has 34 heavy (non-hydrogen) atoms. The van der Waals surface area contributed by atoms with Gasteiger partial charge in [0.25, 0.3) is 0 Å². The average molecular weight is 493 g/mol. The van der Waals surface area contributed by atoms with Crippen molar-refractivity contribution in [1.29, 1.82) is 10.5 Å². The largest absolute Gasteiger partial charge is 0.423 e. The predicted molar refractivity (Wildman–Crippen MR) is 127 cm³/mol. The number of carbonyl (C=O) groups excluding carboxylic acids is 1. The zero-order valence-electron chi connectivity index (χ0n) is 17.1. The third-order valence-electron chi connectivity index (χ3n) is 4.89. The Labute approximate surface area is 203 Å². The molecule has 1 unspecified atom stereocenters. The van der Waals surface area contributed by atoms with E-state index in [9.17, 15) is 10.1 Å². The number of carbonyl (C=O) groups is 1. The molecule has 0 bridgehead atoms. The van der Waals surface area contributed by atoms with Crippen LogP contribution in [0.1, 0.15) is 33.1 Å². The Kier molecular flexibility index (Phi) is 6.11. The third-order valence-corrected chi connectivity index (χ3v) is 5.44. The lowest BCUT2D eigenvalue weighted by atomic mass is 9.95. The Morgan fingerprint density at radius 1 is 1.18 bits per heavy atom. The van der Waals surface area contributed by atoms with Crippen molar-refractivity contribution < 1.29 is 9.53 Å². The molecule has 12 heteroatoms. The summed E-state index contributed by atoms with van der Waals surface area (Å²) in [6.07, 6.45) is 1.78. The van der Waals surface area contributed by atoms with E-state index >= 15 is 0 Å². The topological polar surface area (TPSA) is 175 Å². The van der Waals surface area contributed by atoms with Crippen LogP contribution in [0.4, 0.5) is 17.3 Å². The van der Waals surface area contributed by atoms with E-state index in [4.69, 9.17) is 44.7 Å². The number of aromatic nitrogens is 1. The first-order valence-electron chi connectivity index (χ1n) is 9.58. The van der Waals surface area contributed by atoms with Crippen LogP contribution in [-0.2, 0) is 0 Å². The molecule has 0 amide bonds. The molecule has 1 atom stereocenters. The van der Waals surface area contributed by atoms with Gasteiger partial charge in [-0.3, -0.25) is 5.32 Å². The van der Waals surface area contributed by atoms with Gasteiger partial charge in [0, 0.05) is 10.6 Å². The minimum absolute atomic E-state index is 0.0115. The Morgan fingerprint density at radius 3 is 2.68 bits per heavy atom. The molecule has 1 aliphatic rings. The Hall–Kier alpha value is -4.51. The molecule has 168 valence electrons. The number of halogens is 2. The maximum atomic E-state index is 12.6. The summed E-state index contributed by atoms with van der Waals surface area (Å²) < 4.78 is 5.49. The zero-order chi connectivity index (χ0) is 24.4. The van der Waals surface area contributed by atoms with Crippen LogP contribution in [0, 0.1) is 22.8 Å². The molecular formula is C22H14Cl2N8O2. The van der Waals surface area contributed by atoms with E-state index in [0.717, 1.165) is 0 Å². The van der Waals surface area contributed by atoms with Crippen LogP contribution in [0.25, 0.3) is 0 Å². The summed E-state index contributed by atoms with van der Waals surface area (Å²) in [6.45, 7) is 0. The number of fused-ring (bicyclic) bond motifs is 1. The third kappa shape index (κ3) is 4.24. The number of nitrogens with two attached hydrogens (primary N) is 2. The lowest BCUT2D eigenvalue weighted by molar-refractivity contribution is 0.0735. The summed E-state index contributed by atoms with van der Waals surface area (Å²) in [5, 5.41) is 24.3. The van der Waals surface area contributed by atoms with Crippen LogP contribution in [0.3, 0.4) is 0 Å². The predicted octanol–water partition coefficient (Wildman–Crippen LogP) is 3.59. The number of ether oxygens (including phenoxy) is 1. The van der Waals surface area contributed by atoms with Crippen molar-refractivity contribution in [1.82, 2.24) is 10.3 Å². The quantitative estimate of drug-likeness (QED) is 0.184. The smallest absolute Gasteiger partial charge is 0.345 e. The second-order valence-electron chi connectivity index (χ2n) is 6.99. The molecule has 2 heterocycles. The number of nitriles is 2. The summed E-state index contributed by atoms with van der Waals surface area (Å²) in [5.41, 5.74) is 13.3. The number of hydrogen-bond acceptors (Lipinski definition) is 10. The molecule has 1 aliphatic heterocycles. The van der Waals surface area contributed by atoms with Crippen molar-refractivity contribution in [3.8, 4) is 18.0 Å². The Bertz CT molecular complexity index is 1440. The lowest BCUT2D eigenvalue weighted by Crippen LogP contribution is -2.32. The summed E-state index contributed by atoms with van der Waals surface area (Å²) in [7, 11) is 0. The van der Waals surface area contributed by atoms with Crippen molar-refractivity contribution in [2.45, 2.75) is 6.04 Å². The van der Waals surface area contributed by atoms with Crippen LogP contribution in [0.15, 0.2) is 47.5 Å². The van der Waals surface area contributed by atoms with Gasteiger partial charge in [0.15, 0.2) is 6.19 Å². The van der Waals surface area contributed by atoms with Gasteiger partial charge in [-0.05, 0) is 35.9 Å². The highest BCUT2D eigenvalue weighted by Gasteiger charge is 2.30. The number of rotatable bonds is 3. The molecule has 6 N–H and O–H groups in total. The summed E-state index contributed by atoms with van der Waals surface area (Å²) in [4.78, 5) is 21.3. The number of nitrogen functional groups attached to an aromatic ring is 2. The van der Waals surface area contributed by atoms with E-state index in [2.05, 4.69) is 20.6 Å². The number of pyridine rings is 1. The second-order valence-corrected chi connectivity index (χ2v) is 7.83. The number of nitrogens with one attached hydrogen (secondary N) is 2. The molecule has 4 rings (SSSR count). The summed E-state index contributed by atoms with van der Waals surface area (Å²) in [6, 6.07) is 12.1. The molecule has 1 aromatic heterocycles. The van der Waals surface area contributed by atoms with Crippen LogP contribution in [0.5, 0.6) is 5.75 Å². The molecule has 0 saturated heterocycles. The SMILES string of the molecule is N#CNC1=NC(c2cccc(OC(=O)c3ccc(Cl)cc3Cl)c2)c2c(nc(N)c(C#N)c2N)N1. The van der Waals surface area contributed by atoms with Crippen LogP contribution >= 0.6 is 23.2 Å². The number of guanidine groups is 1. The highest BCUT2D eigenvalue weighted by atomic mass is 35.5. The summed E-state index contributed by atoms with van der Waals surface area (Å²) >= 11 is 12.0. The van der Waals surface area contributed by atoms with Crippen molar-refractivity contribution in [3.05, 3.63) is 74.8 Å². The molecule has 3 aromatic rings. The van der Waals surface area contributed by atoms with E-state index in [1.807, 2.05) is 6.07 Å². The standard InChI is InChI=1S/C22H14Cl2N8O2/c23-11-4-5-13(15(24)7-11)21(33)34-12-3-1-2-10(6-12)18-16-17(27)14(8-25)19(28)31-20(16)32-22(30-18)29-9-26/h1-7,18H,(H6,27,28,29,30,31,32). The number of nitrogens with zero attached hydrogens (tertiary/aromatic N) is 4. The normalized spacial score (nSPS) is 14.0. The lowest BCUT2D eigenvalue weighted by Gasteiger charge is -2.26. The molecule has 0 aliphatic carbocycles. The Morgan fingerprint density at radius 2 is 1.97 bits per heavy atom. The molecule has 0 radical (unpaired) electrons. The van der Waals surface area contributed by atoms with Crippen LogP contribution in [-0.4, -0.2) is 16.9 Å². The van der Waals surface area contributed by atoms with E-state index < -0.39 is 12.0 Å². The molecule has 0 fully saturated rings. The zero-order valence-corrected chi connectivity index (χ0v) is 18.6. The van der Waals surface area contributed by atoms with E-state index in [0.29, 0.717) is 16.1 Å². The van der Waals surface area contributed by atoms with E-state index in [1.165, 1.54) is 18.2 Å². The minimum atomic E-state index is -0.787. The van der Waals surface area contributed by atoms with Crippen LogP contribution < -0.4 is 26.8 Å². The number of hydrogen-bond donors (Lipinski definition) is 4. The van der Waals surface area contributed by atoms with E-state index in [-0.39, 0.29) is 45.2 Å². The van der Waals surface area contributed by atoms with Gasteiger partial charge < -0.3 is 21.5 Å². The van der Waals surface area contributed by atoms with Crippen molar-refractivity contribution >= 4 is 52.5 Å². The van der Waals surface area contributed by atoms with Gasteiger partial charge in [0.2, 0.25) is 5.96 Å². The van der Waals surface area contributed by atoms with Gasteiger partial charge >= 0.3 is 5.97 Å². The van der Waals surface area contributed by atoms with Gasteiger partial charge in [-0.25, -0.2) is 14.8 Å². The number of aliphatic imine (C=N–C) groups is 1. The number of esters is 1. The molecule has 2 aromatic carbocycles. The van der Waals surface area contributed by atoms with Crippen molar-refractivity contribution in [2.24, 2.45) is 4.99 Å². The van der Waals surface area contributed by atoms with Crippen LogP contribution in [0.2, 0.25) is 10.0 Å². The maximum Gasteiger partial charge on any atom is 0.345 e. The highest BCUT2D eigenvalue weighted by molar-refractivity contribution is 6.36. The summed E-state index contributed by atoms with van der Waals surface area (Å²) in [5.74, 6) is -0.194. The Balaban J connectivity index is 1.75. The fourth-order valence-electron chi connectivity index (χ4n) is 3.39. The first-order chi connectivity index (χ1) is 16.3. The molecular weight excluding hydrogens is 479 g/mol. The monoisotopic (exact) mass is 492 g/mol. The maximum absolute atomic E-state index is 12.6. The molecule has 0 spiro atoms. The second kappa shape index (κ2) is 9.16. The first kappa shape index (κ1) is 22.7. The van der Waals surface area contributed by atoms with Crippen molar-refractivity contribution in [3.63, 3.8) is 0 Å². The average Bonchev–Trinajstić information content (AvgIpc) is 2.79. The van der Waals surface area contributed by atoms with Gasteiger partial charge in [-0.15, -0.1) is 0 Å². The van der Waals surface area contributed by atoms with E-state index in [1.54, 1.807) is 30.5 Å². The number of benzene rings is 2. The fourth-order valence-corrected chi connectivity index (χ4v) is 3.87. The van der Waals surface area contributed by atoms with Gasteiger partial charge in [-0.2, -0.15) is 10.5 Å². The van der Waals surface area contributed by atoms with Gasteiger partial charge in [0.1, 0.15) is 35.1 Å². The number of anilines is 3.